The van der Waals surface area contributed by atoms with Crippen molar-refractivity contribution < 1.29 is 22.9 Å². The van der Waals surface area contributed by atoms with Crippen LogP contribution in [0.25, 0.3) is 0 Å². The molecule has 1 unspecified atom stereocenters. The van der Waals surface area contributed by atoms with Gasteiger partial charge in [-0.2, -0.15) is 0 Å². The van der Waals surface area contributed by atoms with E-state index in [1.165, 1.54) is 39.4 Å². The molecule has 1 heterocycles. The number of non-ortho nitro benzene ring substituents is 1. The van der Waals surface area contributed by atoms with Crippen LogP contribution in [-0.4, -0.2) is 44.8 Å². The topological polar surface area (TPSA) is 119 Å². The van der Waals surface area contributed by atoms with Gasteiger partial charge in [0.05, 0.1) is 28.4 Å². The van der Waals surface area contributed by atoms with Crippen molar-refractivity contribution in [2.45, 2.75) is 44.9 Å². The number of esters is 1. The summed E-state index contributed by atoms with van der Waals surface area (Å²) in [6.45, 7) is 1.71. The van der Waals surface area contributed by atoms with E-state index in [0.717, 1.165) is 36.4 Å². The Hall–Kier alpha value is -2.72. The van der Waals surface area contributed by atoms with E-state index in [2.05, 4.69) is 5.32 Å². The predicted octanol–water partition coefficient (Wildman–Crippen LogP) is 3.41. The molecule has 9 nitrogen and oxygen atoms in total. The molecule has 0 bridgehead atoms. The van der Waals surface area contributed by atoms with Crippen LogP contribution >= 0.6 is 0 Å². The van der Waals surface area contributed by atoms with Crippen molar-refractivity contribution in [3.63, 3.8) is 0 Å². The maximum absolute atomic E-state index is 13.6. The minimum Gasteiger partial charge on any atom is -0.466 e. The van der Waals surface area contributed by atoms with Gasteiger partial charge in [-0.25, -0.2) is 17.5 Å². The average molecular weight is 464 g/mol. The summed E-state index contributed by atoms with van der Waals surface area (Å²) in [6, 6.07) is 5.78. The number of allylic oxidation sites excluding steroid dienone is 3. The SMILES string of the molecule is COC(=O)C1=C(C)NC(C2CCCCC2)=C(S(=O)(=O)N(C)C)C1c1cccc([N+](=O)[O-])c1. The number of carbonyl (C=O) groups is 1. The molecule has 1 atom stereocenters. The molecular weight excluding hydrogens is 434 g/mol. The van der Waals surface area contributed by atoms with Gasteiger partial charge in [-0.15, -0.1) is 0 Å². The van der Waals surface area contributed by atoms with E-state index in [1.54, 1.807) is 13.0 Å². The van der Waals surface area contributed by atoms with E-state index in [-0.39, 0.29) is 22.1 Å². The number of nitro benzene ring substituents is 1. The van der Waals surface area contributed by atoms with Crippen molar-refractivity contribution in [3.05, 3.63) is 61.8 Å². The number of rotatable bonds is 6. The lowest BCUT2D eigenvalue weighted by Crippen LogP contribution is -2.38. The molecule has 0 spiro atoms. The fraction of sp³-hybridized carbons (Fsp3) is 0.500. The van der Waals surface area contributed by atoms with Gasteiger partial charge in [-0.05, 0) is 25.3 Å². The molecule has 174 valence electrons. The summed E-state index contributed by atoms with van der Waals surface area (Å²) in [4.78, 5) is 23.8. The first-order chi connectivity index (χ1) is 15.1. The molecule has 0 saturated heterocycles. The van der Waals surface area contributed by atoms with Crippen molar-refractivity contribution in [1.29, 1.82) is 0 Å². The number of ether oxygens (including phenoxy) is 1. The third-order valence-corrected chi connectivity index (χ3v) is 8.11. The zero-order valence-electron chi connectivity index (χ0n) is 18.8. The first-order valence-corrected chi connectivity index (χ1v) is 12.0. The number of nitrogens with one attached hydrogen (secondary N) is 1. The molecule has 1 saturated carbocycles. The molecule has 1 aromatic rings. The number of carbonyl (C=O) groups excluding carboxylic acids is 1. The molecule has 1 fully saturated rings. The zero-order valence-corrected chi connectivity index (χ0v) is 19.6. The molecular formula is C22H29N3O6S. The Morgan fingerprint density at radius 3 is 2.44 bits per heavy atom. The summed E-state index contributed by atoms with van der Waals surface area (Å²) >= 11 is 0. The highest BCUT2D eigenvalue weighted by Crippen LogP contribution is 2.46. The first kappa shape index (κ1) is 23.9. The van der Waals surface area contributed by atoms with Gasteiger partial charge >= 0.3 is 5.97 Å². The molecule has 0 aromatic heterocycles. The zero-order chi connectivity index (χ0) is 23.6. The molecule has 1 aliphatic carbocycles. The molecule has 0 amide bonds. The molecule has 1 N–H and O–H groups in total. The molecule has 1 aliphatic heterocycles. The van der Waals surface area contributed by atoms with Crippen LogP contribution in [0.5, 0.6) is 0 Å². The quantitative estimate of drug-likeness (QED) is 0.390. The van der Waals surface area contributed by atoms with Crippen LogP contribution in [0.1, 0.15) is 50.5 Å². The van der Waals surface area contributed by atoms with Gasteiger partial charge in [-0.1, -0.05) is 31.4 Å². The molecule has 3 rings (SSSR count). The Labute approximate surface area is 188 Å². The molecule has 2 aliphatic rings. The van der Waals surface area contributed by atoms with E-state index in [0.29, 0.717) is 17.0 Å². The normalized spacial score (nSPS) is 20.3. The predicted molar refractivity (Wildman–Crippen MR) is 120 cm³/mol. The average Bonchev–Trinajstić information content (AvgIpc) is 2.78. The summed E-state index contributed by atoms with van der Waals surface area (Å²) in [5.41, 5.74) is 1.37. The fourth-order valence-corrected chi connectivity index (χ4v) is 5.97. The third-order valence-electron chi connectivity index (χ3n) is 6.13. The van der Waals surface area contributed by atoms with E-state index in [1.807, 2.05) is 0 Å². The lowest BCUT2D eigenvalue weighted by Gasteiger charge is -2.37. The van der Waals surface area contributed by atoms with Crippen molar-refractivity contribution in [1.82, 2.24) is 9.62 Å². The molecule has 32 heavy (non-hydrogen) atoms. The van der Waals surface area contributed by atoms with Crippen LogP contribution in [0.4, 0.5) is 5.69 Å². The fourth-order valence-electron chi connectivity index (χ4n) is 4.53. The lowest BCUT2D eigenvalue weighted by molar-refractivity contribution is -0.384. The maximum atomic E-state index is 13.6. The van der Waals surface area contributed by atoms with Crippen LogP contribution in [0.3, 0.4) is 0 Å². The number of sulfonamides is 1. The van der Waals surface area contributed by atoms with E-state index >= 15 is 0 Å². The van der Waals surface area contributed by atoms with Gasteiger partial charge < -0.3 is 10.1 Å². The summed E-state index contributed by atoms with van der Waals surface area (Å²) < 4.78 is 33.4. The van der Waals surface area contributed by atoms with E-state index in [4.69, 9.17) is 4.74 Å². The van der Waals surface area contributed by atoms with Gasteiger partial charge in [0.15, 0.2) is 0 Å². The standard InChI is InChI=1S/C22H29N3O6S/c1-14-18(22(26)31-4)19(16-11-8-12-17(13-16)25(27)28)21(32(29,30)24(2)3)20(23-14)15-9-6-5-7-10-15/h8,11-13,15,19,23H,5-7,9-10H2,1-4H3. The number of nitrogens with zero attached hydrogens (tertiary/aromatic N) is 2. The minimum atomic E-state index is -3.99. The number of hydrogen-bond acceptors (Lipinski definition) is 7. The summed E-state index contributed by atoms with van der Waals surface area (Å²) in [5, 5.41) is 14.6. The van der Waals surface area contributed by atoms with Gasteiger partial charge in [0.2, 0.25) is 10.0 Å². The first-order valence-electron chi connectivity index (χ1n) is 10.6. The smallest absolute Gasteiger partial charge is 0.336 e. The summed E-state index contributed by atoms with van der Waals surface area (Å²) in [7, 11) is 0.119. The summed E-state index contributed by atoms with van der Waals surface area (Å²) in [6.07, 6.45) is 4.73. The second-order valence-electron chi connectivity index (χ2n) is 8.34. The Bertz CT molecular complexity index is 1080. The number of benzene rings is 1. The van der Waals surface area contributed by atoms with Gasteiger partial charge in [0.25, 0.3) is 5.69 Å². The lowest BCUT2D eigenvalue weighted by atomic mass is 9.80. The Morgan fingerprint density at radius 1 is 1.22 bits per heavy atom. The maximum Gasteiger partial charge on any atom is 0.336 e. The number of methoxy groups -OCH3 is 1. The van der Waals surface area contributed by atoms with Crippen molar-refractivity contribution in [2.24, 2.45) is 5.92 Å². The van der Waals surface area contributed by atoms with Crippen LogP contribution in [0.15, 0.2) is 46.1 Å². The third kappa shape index (κ3) is 4.42. The number of nitro groups is 1. The summed E-state index contributed by atoms with van der Waals surface area (Å²) in [5.74, 6) is -1.71. The van der Waals surface area contributed by atoms with E-state index < -0.39 is 26.8 Å². The highest BCUT2D eigenvalue weighted by atomic mass is 32.2. The Morgan fingerprint density at radius 2 is 1.88 bits per heavy atom. The highest BCUT2D eigenvalue weighted by molar-refractivity contribution is 7.93. The number of hydrogen-bond donors (Lipinski definition) is 1. The largest absolute Gasteiger partial charge is 0.466 e. The van der Waals surface area contributed by atoms with Crippen LogP contribution in [0.2, 0.25) is 0 Å². The second kappa shape index (κ2) is 9.41. The van der Waals surface area contributed by atoms with Crippen LogP contribution in [0, 0.1) is 16.0 Å². The molecule has 1 aromatic carbocycles. The molecule has 10 heteroatoms. The van der Waals surface area contributed by atoms with Crippen LogP contribution < -0.4 is 5.32 Å². The number of dihydropyridines is 1. The molecule has 0 radical (unpaired) electrons. The van der Waals surface area contributed by atoms with Gasteiger partial charge in [0.1, 0.15) is 0 Å². The van der Waals surface area contributed by atoms with Crippen molar-refractivity contribution in [2.75, 3.05) is 21.2 Å². The Balaban J connectivity index is 2.35. The van der Waals surface area contributed by atoms with Crippen molar-refractivity contribution in [3.8, 4) is 0 Å². The highest BCUT2D eigenvalue weighted by Gasteiger charge is 2.43. The monoisotopic (exact) mass is 463 g/mol. The van der Waals surface area contributed by atoms with E-state index in [9.17, 15) is 23.3 Å². The van der Waals surface area contributed by atoms with Gasteiger partial charge in [0, 0.05) is 43.5 Å². The second-order valence-corrected chi connectivity index (χ2v) is 10.5. The van der Waals surface area contributed by atoms with Gasteiger partial charge in [-0.3, -0.25) is 10.1 Å². The Kier molecular flexibility index (Phi) is 7.04. The van der Waals surface area contributed by atoms with Crippen molar-refractivity contribution >= 4 is 21.7 Å². The van der Waals surface area contributed by atoms with Crippen LogP contribution in [-0.2, 0) is 19.6 Å². The minimum absolute atomic E-state index is 0.0104.